The summed E-state index contributed by atoms with van der Waals surface area (Å²) in [5.74, 6) is 0.0299. The highest BCUT2D eigenvalue weighted by atomic mass is 16.3. The van der Waals surface area contributed by atoms with Crippen LogP contribution in [-0.2, 0) is 4.79 Å². The number of hydrogen-bond acceptors (Lipinski definition) is 4. The first-order chi connectivity index (χ1) is 8.89. The minimum absolute atomic E-state index is 0.0299. The maximum absolute atomic E-state index is 11.6. The third-order valence-corrected chi connectivity index (χ3v) is 2.82. The molecule has 0 radical (unpaired) electrons. The lowest BCUT2D eigenvalue weighted by atomic mass is 10.3. The minimum Gasteiger partial charge on any atom is -0.395 e. The second-order valence-corrected chi connectivity index (χ2v) is 5.76. The molecule has 0 aromatic heterocycles. The molecule has 3 N–H and O–H groups in total. The van der Waals surface area contributed by atoms with Crippen LogP contribution in [0.4, 0.5) is 0 Å². The van der Waals surface area contributed by atoms with E-state index in [0.29, 0.717) is 32.6 Å². The predicted molar refractivity (Wildman–Crippen MR) is 75.8 cm³/mol. The number of nitrogens with zero attached hydrogens (tertiary/aromatic N) is 2. The molecule has 19 heavy (non-hydrogen) atoms. The number of carbonyl (C=O) groups is 1. The lowest BCUT2D eigenvalue weighted by Gasteiger charge is -2.23. The Morgan fingerprint density at radius 3 is 2.16 bits per heavy atom. The van der Waals surface area contributed by atoms with E-state index < -0.39 is 0 Å². The third-order valence-electron chi connectivity index (χ3n) is 2.82. The summed E-state index contributed by atoms with van der Waals surface area (Å²) in [6.45, 7) is 3.39. The monoisotopic (exact) mass is 276 g/mol. The van der Waals surface area contributed by atoms with Gasteiger partial charge in [0.1, 0.15) is 0 Å². The molecule has 0 aliphatic carbocycles. The molecule has 114 valence electrons. The Morgan fingerprint density at radius 1 is 1.11 bits per heavy atom. The maximum atomic E-state index is 11.6. The van der Waals surface area contributed by atoms with Gasteiger partial charge in [-0.25, -0.2) is 0 Å². The maximum Gasteiger partial charge on any atom is 0.221 e. The zero-order chi connectivity index (χ0) is 14.7. The van der Waals surface area contributed by atoms with Crippen LogP contribution in [-0.4, -0.2) is 92.6 Å². The summed E-state index contributed by atoms with van der Waals surface area (Å²) in [7, 11) is 6.39. The first-order valence-corrected chi connectivity index (χ1v) is 6.90. The fraction of sp³-hybridized carbons (Fsp3) is 0.923. The van der Waals surface area contributed by atoms with Crippen LogP contribution in [0.2, 0.25) is 0 Å². The van der Waals surface area contributed by atoms with Crippen molar-refractivity contribution in [3.63, 3.8) is 0 Å². The molecule has 6 nitrogen and oxygen atoms in total. The molecule has 0 aromatic carbocycles. The van der Waals surface area contributed by atoms with E-state index in [4.69, 9.17) is 10.2 Å². The predicted octanol–water partition coefficient (Wildman–Crippen LogP) is -1.12. The summed E-state index contributed by atoms with van der Waals surface area (Å²) in [5, 5.41) is 20.6. The molecule has 0 fully saturated rings. The second kappa shape index (κ2) is 10.1. The molecular formula is C13H30N3O3+. The van der Waals surface area contributed by atoms with Gasteiger partial charge in [-0.3, -0.25) is 9.69 Å². The Hall–Kier alpha value is -0.690. The van der Waals surface area contributed by atoms with Crippen molar-refractivity contribution >= 4 is 5.91 Å². The van der Waals surface area contributed by atoms with Gasteiger partial charge in [0, 0.05) is 39.0 Å². The van der Waals surface area contributed by atoms with Gasteiger partial charge in [0.15, 0.2) is 0 Å². The van der Waals surface area contributed by atoms with Crippen LogP contribution in [0, 0.1) is 0 Å². The minimum atomic E-state index is 0.0299. The van der Waals surface area contributed by atoms with Crippen LogP contribution in [0.1, 0.15) is 12.8 Å². The van der Waals surface area contributed by atoms with Crippen molar-refractivity contribution in [2.45, 2.75) is 12.8 Å². The number of aliphatic hydroxyl groups excluding tert-OH is 2. The molecule has 0 heterocycles. The van der Waals surface area contributed by atoms with Gasteiger partial charge in [0.25, 0.3) is 0 Å². The fourth-order valence-electron chi connectivity index (χ4n) is 1.75. The van der Waals surface area contributed by atoms with E-state index in [1.807, 2.05) is 4.90 Å². The van der Waals surface area contributed by atoms with Crippen LogP contribution in [0.5, 0.6) is 0 Å². The quantitative estimate of drug-likeness (QED) is 0.330. The topological polar surface area (TPSA) is 72.8 Å². The van der Waals surface area contributed by atoms with Crippen LogP contribution in [0.25, 0.3) is 0 Å². The van der Waals surface area contributed by atoms with Crippen molar-refractivity contribution in [1.29, 1.82) is 0 Å². The molecule has 6 heteroatoms. The third kappa shape index (κ3) is 12.1. The molecule has 0 rings (SSSR count). The van der Waals surface area contributed by atoms with E-state index in [1.54, 1.807) is 0 Å². The number of quaternary nitrogens is 1. The number of carbonyl (C=O) groups excluding carboxylic acids is 1. The number of rotatable bonds is 11. The van der Waals surface area contributed by atoms with Crippen molar-refractivity contribution in [1.82, 2.24) is 10.2 Å². The van der Waals surface area contributed by atoms with Crippen LogP contribution < -0.4 is 5.32 Å². The molecule has 0 bridgehead atoms. The van der Waals surface area contributed by atoms with Crippen molar-refractivity contribution in [3.05, 3.63) is 0 Å². The molecule has 0 saturated carbocycles. The van der Waals surface area contributed by atoms with E-state index in [9.17, 15) is 4.79 Å². The molecule has 0 atom stereocenters. The summed E-state index contributed by atoms with van der Waals surface area (Å²) in [4.78, 5) is 13.5. The number of aliphatic hydroxyl groups is 2. The summed E-state index contributed by atoms with van der Waals surface area (Å²) < 4.78 is 0.899. The average Bonchev–Trinajstić information content (AvgIpc) is 2.31. The van der Waals surface area contributed by atoms with Crippen LogP contribution >= 0.6 is 0 Å². The van der Waals surface area contributed by atoms with Crippen molar-refractivity contribution in [2.75, 3.05) is 67.1 Å². The number of nitrogens with one attached hydrogen (secondary N) is 1. The zero-order valence-corrected chi connectivity index (χ0v) is 12.6. The summed E-state index contributed by atoms with van der Waals surface area (Å²) in [6, 6.07) is 0. The van der Waals surface area contributed by atoms with E-state index >= 15 is 0 Å². The second-order valence-electron chi connectivity index (χ2n) is 5.76. The SMILES string of the molecule is C[N+](C)(C)CCCNC(=O)CCN(CCO)CCO. The highest BCUT2D eigenvalue weighted by Gasteiger charge is 2.09. The van der Waals surface area contributed by atoms with E-state index in [1.165, 1.54) is 0 Å². The Balaban J connectivity index is 3.67. The number of hydrogen-bond donors (Lipinski definition) is 3. The van der Waals surface area contributed by atoms with Crippen molar-refractivity contribution in [2.24, 2.45) is 0 Å². The molecule has 0 saturated heterocycles. The van der Waals surface area contributed by atoms with Gasteiger partial charge < -0.3 is 20.0 Å². The molecule has 0 aliphatic rings. The van der Waals surface area contributed by atoms with Gasteiger partial charge in [-0.05, 0) is 0 Å². The van der Waals surface area contributed by atoms with E-state index in [2.05, 4.69) is 26.5 Å². The standard InChI is InChI=1S/C13H29N3O3/c1-16(2,3)10-4-6-14-13(19)5-7-15(8-11-17)9-12-18/h17-18H,4-12H2,1-3H3/p+1. The molecule has 0 unspecified atom stereocenters. The van der Waals surface area contributed by atoms with Gasteiger partial charge >= 0.3 is 0 Å². The van der Waals surface area contributed by atoms with Crippen molar-refractivity contribution in [3.8, 4) is 0 Å². The fourth-order valence-corrected chi connectivity index (χ4v) is 1.75. The summed E-state index contributed by atoms with van der Waals surface area (Å²) in [5.41, 5.74) is 0. The molecule has 1 amide bonds. The number of amides is 1. The van der Waals surface area contributed by atoms with E-state index in [0.717, 1.165) is 17.4 Å². The Bertz CT molecular complexity index is 236. The van der Waals surface area contributed by atoms with Gasteiger partial charge in [-0.2, -0.15) is 0 Å². The summed E-state index contributed by atoms with van der Waals surface area (Å²) in [6.07, 6.45) is 1.37. The Morgan fingerprint density at radius 2 is 1.68 bits per heavy atom. The lowest BCUT2D eigenvalue weighted by molar-refractivity contribution is -0.870. The largest absolute Gasteiger partial charge is 0.395 e. The average molecular weight is 276 g/mol. The highest BCUT2D eigenvalue weighted by Crippen LogP contribution is 1.94. The summed E-state index contributed by atoms with van der Waals surface area (Å²) >= 11 is 0. The molecular weight excluding hydrogens is 246 g/mol. The van der Waals surface area contributed by atoms with Crippen molar-refractivity contribution < 1.29 is 19.5 Å². The molecule has 0 aliphatic heterocycles. The molecule has 0 spiro atoms. The molecule has 0 aromatic rings. The Kier molecular flexibility index (Phi) is 9.77. The zero-order valence-electron chi connectivity index (χ0n) is 12.6. The highest BCUT2D eigenvalue weighted by molar-refractivity contribution is 5.75. The first kappa shape index (κ1) is 18.3. The van der Waals surface area contributed by atoms with E-state index in [-0.39, 0.29) is 19.1 Å². The smallest absolute Gasteiger partial charge is 0.221 e. The van der Waals surface area contributed by atoms with Gasteiger partial charge in [-0.1, -0.05) is 0 Å². The first-order valence-electron chi connectivity index (χ1n) is 6.90. The lowest BCUT2D eigenvalue weighted by Crippen LogP contribution is -2.38. The van der Waals surface area contributed by atoms with Gasteiger partial charge in [0.2, 0.25) is 5.91 Å². The Labute approximate surface area is 116 Å². The van der Waals surface area contributed by atoms with Crippen LogP contribution in [0.3, 0.4) is 0 Å². The van der Waals surface area contributed by atoms with Gasteiger partial charge in [0.05, 0.1) is 40.9 Å². The normalized spacial score (nSPS) is 11.9. The van der Waals surface area contributed by atoms with Crippen LogP contribution in [0.15, 0.2) is 0 Å². The van der Waals surface area contributed by atoms with Gasteiger partial charge in [-0.15, -0.1) is 0 Å².